The van der Waals surface area contributed by atoms with Gasteiger partial charge in [-0.15, -0.1) is 0 Å². The topological polar surface area (TPSA) is 109 Å². The lowest BCUT2D eigenvalue weighted by Gasteiger charge is -2.11. The van der Waals surface area contributed by atoms with Crippen LogP contribution in [0.15, 0.2) is 4.99 Å². The second-order valence-electron chi connectivity index (χ2n) is 9.32. The maximum Gasteiger partial charge on any atom is 0.303 e. The van der Waals surface area contributed by atoms with Gasteiger partial charge in [0, 0.05) is 13.0 Å². The first kappa shape index (κ1) is 31.9. The van der Waals surface area contributed by atoms with Gasteiger partial charge < -0.3 is 20.5 Å². The van der Waals surface area contributed by atoms with E-state index in [4.69, 9.17) is 21.4 Å². The molecule has 8 nitrogen and oxygen atoms in total. The highest BCUT2D eigenvalue weighted by Gasteiger charge is 2.15. The molecule has 0 unspecified atom stereocenters. The minimum absolute atomic E-state index is 0.320. The standard InChI is InChI=1S/C18H36O2.C9H12ClN5O/c1-2-3-4-5-6-7-8-9-10-11-12-13-14-15-16-17-18(19)20;1-5-13-7(10)6(8(14-5)16-2)15-9-11-3-4-12-9/h2-17H2,1H3,(H,19,20);3-4H2,1-2H3,(H2,11,12,15). The Morgan fingerprint density at radius 2 is 1.47 bits per heavy atom. The number of aromatic nitrogens is 2. The molecule has 36 heavy (non-hydrogen) atoms. The van der Waals surface area contributed by atoms with Crippen molar-refractivity contribution in [2.24, 2.45) is 4.99 Å². The molecule has 206 valence electrons. The van der Waals surface area contributed by atoms with Gasteiger partial charge in [-0.05, 0) is 13.3 Å². The predicted octanol–water partition coefficient (Wildman–Crippen LogP) is 7.15. The summed E-state index contributed by atoms with van der Waals surface area (Å²) in [4.78, 5) is 22.7. The van der Waals surface area contributed by atoms with Crippen LogP contribution in [0, 0.1) is 6.92 Å². The molecular formula is C27H48ClN5O3. The quantitative estimate of drug-likeness (QED) is 0.138. The number of rotatable bonds is 18. The molecule has 3 N–H and O–H groups in total. The zero-order chi connectivity index (χ0) is 26.4. The third-order valence-electron chi connectivity index (χ3n) is 6.05. The van der Waals surface area contributed by atoms with Crippen LogP contribution in [0.3, 0.4) is 0 Å². The fourth-order valence-corrected chi connectivity index (χ4v) is 4.26. The van der Waals surface area contributed by atoms with Crippen molar-refractivity contribution in [2.45, 2.75) is 117 Å². The van der Waals surface area contributed by atoms with Crippen LogP contribution < -0.4 is 15.4 Å². The highest BCUT2D eigenvalue weighted by Crippen LogP contribution is 2.28. The number of nitrogens with one attached hydrogen (secondary N) is 2. The third kappa shape index (κ3) is 15.8. The molecule has 1 aliphatic heterocycles. The van der Waals surface area contributed by atoms with E-state index in [0.29, 0.717) is 34.9 Å². The Balaban J connectivity index is 0.000000367. The monoisotopic (exact) mass is 525 g/mol. The summed E-state index contributed by atoms with van der Waals surface area (Å²) in [6.45, 7) is 5.58. The van der Waals surface area contributed by atoms with Crippen LogP contribution in [0.2, 0.25) is 5.15 Å². The maximum absolute atomic E-state index is 10.3. The van der Waals surface area contributed by atoms with Crippen molar-refractivity contribution < 1.29 is 14.6 Å². The summed E-state index contributed by atoms with van der Waals surface area (Å²) in [5.41, 5.74) is 0.530. The fraction of sp³-hybridized carbons (Fsp3) is 0.778. The van der Waals surface area contributed by atoms with Crippen molar-refractivity contribution in [3.05, 3.63) is 11.0 Å². The van der Waals surface area contributed by atoms with Gasteiger partial charge in [0.15, 0.2) is 11.1 Å². The van der Waals surface area contributed by atoms with E-state index in [9.17, 15) is 4.79 Å². The normalized spacial score (nSPS) is 12.4. The molecule has 0 spiro atoms. The van der Waals surface area contributed by atoms with E-state index >= 15 is 0 Å². The molecule has 2 rings (SSSR count). The van der Waals surface area contributed by atoms with Gasteiger partial charge in [0.25, 0.3) is 0 Å². The molecule has 0 aromatic carbocycles. The van der Waals surface area contributed by atoms with Crippen LogP contribution in [0.1, 0.15) is 115 Å². The zero-order valence-electron chi connectivity index (χ0n) is 22.7. The summed E-state index contributed by atoms with van der Waals surface area (Å²) in [7, 11) is 1.53. The molecule has 9 heteroatoms. The summed E-state index contributed by atoms with van der Waals surface area (Å²) in [6, 6.07) is 0. The second-order valence-corrected chi connectivity index (χ2v) is 9.68. The molecule has 0 saturated heterocycles. The van der Waals surface area contributed by atoms with E-state index < -0.39 is 5.97 Å². The van der Waals surface area contributed by atoms with Crippen LogP contribution in [-0.4, -0.2) is 47.2 Å². The Morgan fingerprint density at radius 1 is 0.944 bits per heavy atom. The number of anilines is 1. The van der Waals surface area contributed by atoms with Gasteiger partial charge in [0.1, 0.15) is 11.5 Å². The Bertz CT molecular complexity index is 761. The third-order valence-corrected chi connectivity index (χ3v) is 6.32. The van der Waals surface area contributed by atoms with Gasteiger partial charge >= 0.3 is 5.97 Å². The van der Waals surface area contributed by atoms with Crippen LogP contribution in [-0.2, 0) is 4.79 Å². The molecule has 1 aromatic heterocycles. The maximum atomic E-state index is 10.3. The Kier molecular flexibility index (Phi) is 18.7. The second kappa shape index (κ2) is 21.0. The Morgan fingerprint density at radius 3 is 1.92 bits per heavy atom. The number of halogens is 1. The first-order chi connectivity index (χ1) is 17.5. The van der Waals surface area contributed by atoms with Gasteiger partial charge in [-0.3, -0.25) is 9.79 Å². The fourth-order valence-electron chi connectivity index (χ4n) is 4.01. The number of aryl methyl sites for hydroxylation is 1. The minimum atomic E-state index is -0.653. The van der Waals surface area contributed by atoms with E-state index in [0.717, 1.165) is 25.9 Å². The van der Waals surface area contributed by atoms with Crippen LogP contribution in [0.4, 0.5) is 5.69 Å². The number of hydrogen-bond donors (Lipinski definition) is 3. The molecule has 1 aromatic rings. The molecular weight excluding hydrogens is 478 g/mol. The van der Waals surface area contributed by atoms with E-state index in [1.807, 2.05) is 0 Å². The van der Waals surface area contributed by atoms with Crippen molar-refractivity contribution in [3.8, 4) is 5.88 Å². The first-order valence-electron chi connectivity index (χ1n) is 13.8. The SMILES string of the molecule is CCCCCCCCCCCCCCCCCC(=O)O.COc1nc(C)nc(Cl)c1NC1=NCCN1. The first-order valence-corrected chi connectivity index (χ1v) is 14.2. The smallest absolute Gasteiger partial charge is 0.303 e. The molecule has 0 radical (unpaired) electrons. The summed E-state index contributed by atoms with van der Waals surface area (Å²) < 4.78 is 5.14. The van der Waals surface area contributed by atoms with Gasteiger partial charge in [-0.2, -0.15) is 4.98 Å². The number of nitrogens with zero attached hydrogens (tertiary/aromatic N) is 3. The average Bonchev–Trinajstić information content (AvgIpc) is 3.36. The number of guanidine groups is 1. The highest BCUT2D eigenvalue weighted by molar-refractivity contribution is 6.32. The summed E-state index contributed by atoms with van der Waals surface area (Å²) in [5, 5.41) is 14.9. The number of carboxylic acids is 1. The number of aliphatic carboxylic acids is 1. The highest BCUT2D eigenvalue weighted by atomic mass is 35.5. The van der Waals surface area contributed by atoms with Crippen LogP contribution >= 0.6 is 11.6 Å². The molecule has 0 bridgehead atoms. The number of ether oxygens (including phenoxy) is 1. The van der Waals surface area contributed by atoms with Crippen molar-refractivity contribution in [1.82, 2.24) is 15.3 Å². The van der Waals surface area contributed by atoms with Gasteiger partial charge in [0.05, 0.1) is 13.7 Å². The summed E-state index contributed by atoms with van der Waals surface area (Å²) in [6.07, 6.45) is 20.2. The largest absolute Gasteiger partial charge is 0.481 e. The number of methoxy groups -OCH3 is 1. The number of carbonyl (C=O) groups is 1. The molecule has 0 aliphatic carbocycles. The number of hydrogen-bond acceptors (Lipinski definition) is 7. The van der Waals surface area contributed by atoms with E-state index in [1.54, 1.807) is 6.92 Å². The lowest BCUT2D eigenvalue weighted by atomic mass is 10.0. The lowest BCUT2D eigenvalue weighted by molar-refractivity contribution is -0.137. The van der Waals surface area contributed by atoms with Crippen LogP contribution in [0.25, 0.3) is 0 Å². The summed E-state index contributed by atoms with van der Waals surface area (Å²) >= 11 is 6.02. The molecule has 2 heterocycles. The van der Waals surface area contributed by atoms with Gasteiger partial charge in [-0.25, -0.2) is 4.98 Å². The summed E-state index contributed by atoms with van der Waals surface area (Å²) in [5.74, 6) is 0.981. The van der Waals surface area contributed by atoms with E-state index in [-0.39, 0.29) is 0 Å². The number of carboxylic acid groups (broad SMARTS) is 1. The van der Waals surface area contributed by atoms with Crippen molar-refractivity contribution >= 4 is 29.2 Å². The van der Waals surface area contributed by atoms with Crippen molar-refractivity contribution in [1.29, 1.82) is 0 Å². The van der Waals surface area contributed by atoms with Gasteiger partial charge in [0.2, 0.25) is 5.88 Å². The Hall–Kier alpha value is -2.09. The molecule has 0 atom stereocenters. The molecule has 0 fully saturated rings. The number of aliphatic imine (C=N–C) groups is 1. The number of unbranched alkanes of at least 4 members (excludes halogenated alkanes) is 14. The minimum Gasteiger partial charge on any atom is -0.481 e. The van der Waals surface area contributed by atoms with Gasteiger partial charge in [-0.1, -0.05) is 108 Å². The predicted molar refractivity (Wildman–Crippen MR) is 149 cm³/mol. The van der Waals surface area contributed by atoms with Crippen LogP contribution in [0.5, 0.6) is 5.88 Å². The molecule has 0 saturated carbocycles. The molecule has 0 amide bonds. The molecule has 1 aliphatic rings. The zero-order valence-corrected chi connectivity index (χ0v) is 23.5. The Labute approximate surface area is 223 Å². The van der Waals surface area contributed by atoms with Crippen molar-refractivity contribution in [3.63, 3.8) is 0 Å². The van der Waals surface area contributed by atoms with E-state index in [1.165, 1.54) is 90.6 Å². The van der Waals surface area contributed by atoms with Crippen molar-refractivity contribution in [2.75, 3.05) is 25.5 Å². The lowest BCUT2D eigenvalue weighted by Crippen LogP contribution is -2.26. The average molecular weight is 526 g/mol. The van der Waals surface area contributed by atoms with E-state index in [2.05, 4.69) is 32.5 Å².